The van der Waals surface area contributed by atoms with Gasteiger partial charge < -0.3 is 0 Å². The second-order valence-electron chi connectivity index (χ2n) is 13.3. The Bertz CT molecular complexity index is 1170. The van der Waals surface area contributed by atoms with Crippen LogP contribution in [0.2, 0.25) is 0 Å². The molecule has 17 rings (SSSR count). The SMILES string of the molecule is C1C2C13C21C32C13C21C32C13C14C56C78C9%10CC9C%107C85C61C234. The van der Waals surface area contributed by atoms with Crippen LogP contribution < -0.4 is 0 Å². The molecule has 17 fully saturated rings. The summed E-state index contributed by atoms with van der Waals surface area (Å²) in [5.41, 5.74) is 18.2. The highest BCUT2D eigenvalue weighted by atomic mass is 15.9. The summed E-state index contributed by atoms with van der Waals surface area (Å²) in [5, 5.41) is 0. The van der Waals surface area contributed by atoms with Crippen molar-refractivity contribution in [3.8, 4) is 0 Å². The Kier molecular flexibility index (Phi) is 0.143. The summed E-state index contributed by atoms with van der Waals surface area (Å²) < 4.78 is 0. The first-order valence-electron chi connectivity index (χ1n) is 9.43. The van der Waals surface area contributed by atoms with Crippen molar-refractivity contribution in [1.29, 1.82) is 0 Å². The Hall–Kier alpha value is 0. The van der Waals surface area contributed by atoms with Gasteiger partial charge in [0.05, 0.1) is 0 Å². The smallest absolute Gasteiger partial charge is 0.000000438 e. The van der Waals surface area contributed by atoms with E-state index in [2.05, 4.69) is 0 Å². The van der Waals surface area contributed by atoms with Crippen molar-refractivity contribution in [3.05, 3.63) is 0 Å². The Morgan fingerprint density at radius 2 is 0.789 bits per heavy atom. The molecule has 0 heteroatoms. The summed E-state index contributed by atoms with van der Waals surface area (Å²) in [7, 11) is 0. The summed E-state index contributed by atoms with van der Waals surface area (Å²) >= 11 is 0. The molecule has 0 heterocycles. The van der Waals surface area contributed by atoms with Crippen molar-refractivity contribution in [2.24, 2.45) is 93.1 Å². The molecule has 0 aliphatic heterocycles. The van der Waals surface area contributed by atoms with Gasteiger partial charge in [-0.05, 0) is 106 Å². The van der Waals surface area contributed by atoms with Gasteiger partial charge in [-0.1, -0.05) is 0 Å². The third kappa shape index (κ3) is 0.0780. The van der Waals surface area contributed by atoms with E-state index in [-0.39, 0.29) is 0 Å². The standard InChI is InChI=1S/C19H6/c1-3-5(1)7(3)9(5)11(7)13(9)15(11)17(13)18-14-10-6-2-4(6)8(6,10)12(10,14)16(14,18)19(15,17)18/h3-4H,1-2H2. The molecule has 0 aromatic rings. The predicted molar refractivity (Wildman–Crippen MR) is 52.7 cm³/mol. The number of rotatable bonds is 0. The number of hydrogen-bond acceptors (Lipinski definition) is 0. The first kappa shape index (κ1) is 5.03. The highest BCUT2D eigenvalue weighted by molar-refractivity contribution is 6.33. The van der Waals surface area contributed by atoms with Crippen molar-refractivity contribution in [1.82, 2.24) is 0 Å². The van der Waals surface area contributed by atoms with Gasteiger partial charge in [-0.25, -0.2) is 0 Å². The molecule has 0 nitrogen and oxygen atoms in total. The van der Waals surface area contributed by atoms with Crippen LogP contribution in [0, 0.1) is 93.1 Å². The summed E-state index contributed by atoms with van der Waals surface area (Å²) in [6.07, 6.45) is 3.50. The van der Waals surface area contributed by atoms with E-state index in [0.29, 0.717) is 0 Å². The third-order valence-corrected chi connectivity index (χ3v) is 17.8. The van der Waals surface area contributed by atoms with E-state index in [1.165, 1.54) is 82.2 Å². The summed E-state index contributed by atoms with van der Waals surface area (Å²) in [5.74, 6) is 2.76. The molecule has 17 aliphatic carbocycles. The average Bonchev–Trinajstić information content (AvgIpc) is 3.10. The van der Waals surface area contributed by atoms with Crippen molar-refractivity contribution < 1.29 is 0 Å². The highest BCUT2D eigenvalue weighted by Gasteiger charge is 3.89. The van der Waals surface area contributed by atoms with Gasteiger partial charge in [0.1, 0.15) is 0 Å². The van der Waals surface area contributed by atoms with Crippen LogP contribution in [0.25, 0.3) is 0 Å². The van der Waals surface area contributed by atoms with E-state index in [4.69, 9.17) is 0 Å². The summed E-state index contributed by atoms with van der Waals surface area (Å²) in [6, 6.07) is 0. The van der Waals surface area contributed by atoms with Crippen LogP contribution in [0.5, 0.6) is 0 Å². The topological polar surface area (TPSA) is 0 Å². The number of hydrogen-bond donors (Lipinski definition) is 0. The first-order chi connectivity index (χ1) is 9.43. The van der Waals surface area contributed by atoms with Crippen molar-refractivity contribution in [2.75, 3.05) is 0 Å². The fraction of sp³-hybridized carbons (Fsp3) is 1.00. The van der Waals surface area contributed by atoms with Gasteiger partial charge in [0.25, 0.3) is 0 Å². The molecular weight excluding hydrogens is 228 g/mol. The largest absolute Gasteiger partial charge is 0.0421 e. The van der Waals surface area contributed by atoms with Crippen molar-refractivity contribution >= 4 is 0 Å². The quantitative estimate of drug-likeness (QED) is 0.587. The first-order valence-corrected chi connectivity index (χ1v) is 9.43. The molecule has 17 aliphatic rings. The van der Waals surface area contributed by atoms with Crippen LogP contribution in [0.4, 0.5) is 0 Å². The second kappa shape index (κ2) is 0.542. The fourth-order valence-corrected chi connectivity index (χ4v) is 20.9. The third-order valence-electron chi connectivity index (χ3n) is 17.8. The monoisotopic (exact) mass is 234 g/mol. The van der Waals surface area contributed by atoms with Gasteiger partial charge in [0.15, 0.2) is 0 Å². The molecule has 17 saturated carbocycles. The molecule has 82 valence electrons. The predicted octanol–water partition coefficient (Wildman–Crippen LogP) is 1.03. The van der Waals surface area contributed by atoms with Crippen molar-refractivity contribution in [2.45, 2.75) is 12.8 Å². The van der Waals surface area contributed by atoms with E-state index >= 15 is 0 Å². The molecule has 0 N–H and O–H groups in total. The molecule has 0 radical (unpaired) electrons. The minimum absolute atomic E-state index is 1.16. The van der Waals surface area contributed by atoms with Crippen LogP contribution in [0.3, 0.4) is 0 Å². The highest BCUT2D eigenvalue weighted by Crippen LogP contribution is 3.90. The normalized spacial score (nSPS) is 165. The zero-order valence-electron chi connectivity index (χ0n) is 10.1. The molecule has 19 heavy (non-hydrogen) atoms. The lowest BCUT2D eigenvalue weighted by Gasteiger charge is -2.17. The minimum Gasteiger partial charge on any atom is -0.0421 e. The maximum atomic E-state index is 1.75. The van der Waals surface area contributed by atoms with Gasteiger partial charge in [-0.3, -0.25) is 0 Å². The summed E-state index contributed by atoms with van der Waals surface area (Å²) in [4.78, 5) is 0. The maximum Gasteiger partial charge on any atom is -0.000000438 e. The Labute approximate surface area is 106 Å². The lowest BCUT2D eigenvalue weighted by atomic mass is 9.84. The molecule has 16 atom stereocenters. The van der Waals surface area contributed by atoms with Gasteiger partial charge in [0, 0.05) is 0 Å². The fourth-order valence-electron chi connectivity index (χ4n) is 20.9. The van der Waals surface area contributed by atoms with E-state index in [9.17, 15) is 0 Å². The van der Waals surface area contributed by atoms with E-state index < -0.39 is 0 Å². The molecule has 0 saturated heterocycles. The van der Waals surface area contributed by atoms with Crippen molar-refractivity contribution in [3.63, 3.8) is 0 Å². The molecule has 0 bridgehead atoms. The maximum absolute atomic E-state index is 1.75. The van der Waals surface area contributed by atoms with Crippen LogP contribution in [0.15, 0.2) is 0 Å². The lowest BCUT2D eigenvalue weighted by Crippen LogP contribution is -2.17. The minimum atomic E-state index is 1.16. The molecule has 0 aromatic carbocycles. The van der Waals surface area contributed by atoms with Crippen LogP contribution in [0.1, 0.15) is 12.8 Å². The van der Waals surface area contributed by atoms with Gasteiger partial charge >= 0.3 is 0 Å². The molecule has 0 aromatic heterocycles. The Morgan fingerprint density at radius 3 is 1.16 bits per heavy atom. The molecule has 15 spiro atoms. The van der Waals surface area contributed by atoms with Crippen LogP contribution in [-0.4, -0.2) is 0 Å². The van der Waals surface area contributed by atoms with E-state index in [1.807, 2.05) is 0 Å². The summed E-state index contributed by atoms with van der Waals surface area (Å²) in [6.45, 7) is 0. The molecule has 16 unspecified atom stereocenters. The zero-order valence-corrected chi connectivity index (χ0v) is 10.1. The van der Waals surface area contributed by atoms with E-state index in [0.717, 1.165) is 10.8 Å². The second-order valence-corrected chi connectivity index (χ2v) is 13.3. The van der Waals surface area contributed by atoms with E-state index in [1.54, 1.807) is 12.8 Å². The van der Waals surface area contributed by atoms with Gasteiger partial charge in [-0.2, -0.15) is 0 Å². The Balaban J connectivity index is 1.12. The Morgan fingerprint density at radius 1 is 0.421 bits per heavy atom. The zero-order chi connectivity index (χ0) is 10.1. The lowest BCUT2D eigenvalue weighted by molar-refractivity contribution is 0.264. The molecular formula is C19H6. The van der Waals surface area contributed by atoms with Gasteiger partial charge in [-0.15, -0.1) is 0 Å². The van der Waals surface area contributed by atoms with Gasteiger partial charge in [0.2, 0.25) is 0 Å². The average molecular weight is 234 g/mol. The molecule has 0 amide bonds. The van der Waals surface area contributed by atoms with Crippen LogP contribution >= 0.6 is 0 Å². The van der Waals surface area contributed by atoms with Crippen LogP contribution in [-0.2, 0) is 0 Å².